The minimum absolute atomic E-state index is 0.0280. The van der Waals surface area contributed by atoms with Gasteiger partial charge in [0.25, 0.3) is 0 Å². The third-order valence-electron chi connectivity index (χ3n) is 16.3. The fourth-order valence-corrected chi connectivity index (χ4v) is 12.9. The van der Waals surface area contributed by atoms with E-state index in [1.165, 1.54) is 44.1 Å². The largest absolute Gasteiger partial charge is 0.446 e. The molecule has 0 radical (unpaired) electrons. The van der Waals surface area contributed by atoms with Gasteiger partial charge < -0.3 is 19.5 Å². The van der Waals surface area contributed by atoms with Crippen molar-refractivity contribution >= 4 is 6.09 Å². The van der Waals surface area contributed by atoms with E-state index < -0.39 is 11.7 Å². The Labute approximate surface area is 363 Å². The minimum Gasteiger partial charge on any atom is -0.446 e. The number of nitrogens with zero attached hydrogens (tertiary/aromatic N) is 1. The maximum Gasteiger partial charge on any atom is 0.410 e. The van der Waals surface area contributed by atoms with E-state index in [4.69, 9.17) is 9.47 Å². The fourth-order valence-electron chi connectivity index (χ4n) is 12.9. The summed E-state index contributed by atoms with van der Waals surface area (Å²) < 4.78 is 13.3. The van der Waals surface area contributed by atoms with Crippen molar-refractivity contribution in [3.63, 3.8) is 0 Å². The number of ether oxygens (including phenoxy) is 2. The highest BCUT2D eigenvalue weighted by Gasteiger charge is 2.59. The highest BCUT2D eigenvalue weighted by Crippen LogP contribution is 2.67. The lowest BCUT2D eigenvalue weighted by atomic mass is 9.47. The van der Waals surface area contributed by atoms with Crippen LogP contribution >= 0.6 is 0 Å². The van der Waals surface area contributed by atoms with Gasteiger partial charge in [-0.3, -0.25) is 0 Å². The molecule has 5 heteroatoms. The minimum atomic E-state index is -0.951. The summed E-state index contributed by atoms with van der Waals surface area (Å²) in [6.07, 6.45) is 16.8. The van der Waals surface area contributed by atoms with E-state index in [9.17, 15) is 9.90 Å². The molecule has 3 aromatic carbocycles. The summed E-state index contributed by atoms with van der Waals surface area (Å²) in [6.45, 7) is 18.9. The first-order valence-corrected chi connectivity index (χ1v) is 23.7. The van der Waals surface area contributed by atoms with E-state index in [-0.39, 0.29) is 36.8 Å². The first-order chi connectivity index (χ1) is 28.8. The molecule has 7 rings (SSSR count). The molecule has 0 spiro atoms. The molecule has 1 N–H and O–H groups in total. The molecule has 1 amide bonds. The zero-order chi connectivity index (χ0) is 42.7. The summed E-state index contributed by atoms with van der Waals surface area (Å²) >= 11 is 0. The molecule has 3 aromatic rings. The van der Waals surface area contributed by atoms with Crippen LogP contribution in [0.3, 0.4) is 0 Å². The summed E-state index contributed by atoms with van der Waals surface area (Å²) in [4.78, 5) is 15.7. The Bertz CT molecular complexity index is 1810. The lowest BCUT2D eigenvalue weighted by molar-refractivity contribution is -0.0605. The van der Waals surface area contributed by atoms with Crippen molar-refractivity contribution in [1.82, 2.24) is 4.90 Å². The van der Waals surface area contributed by atoms with Gasteiger partial charge in [-0.15, -0.1) is 0 Å². The van der Waals surface area contributed by atoms with Gasteiger partial charge in [0.15, 0.2) is 0 Å². The van der Waals surface area contributed by atoms with Gasteiger partial charge in [0.05, 0.1) is 19.3 Å². The van der Waals surface area contributed by atoms with Gasteiger partial charge in [-0.05, 0) is 134 Å². The summed E-state index contributed by atoms with van der Waals surface area (Å²) in [5.74, 6) is 5.03. The van der Waals surface area contributed by atoms with Gasteiger partial charge in [0, 0.05) is 12.5 Å². The van der Waals surface area contributed by atoms with E-state index >= 15 is 0 Å². The van der Waals surface area contributed by atoms with Crippen LogP contribution in [0.1, 0.15) is 130 Å². The second-order valence-electron chi connectivity index (χ2n) is 20.3. The first kappa shape index (κ1) is 44.4. The third kappa shape index (κ3) is 8.69. The summed E-state index contributed by atoms with van der Waals surface area (Å²) in [6, 6.07) is 30.4. The molecule has 0 saturated heterocycles. The number of benzene rings is 3. The molecule has 0 aliphatic heterocycles. The standard InChI is InChI=1S/C55H75NO4/c1-9-41(38(2)3)26-25-40(6)49-29-30-50-48-28-27-45-35-47(31-33-53(45,7)51(48)32-34-54(49,50)8)60-52(58)56(39(4)5)36-46(57)37-59-55(42-19-13-10-14-20-42,43-21-15-11-16-22-43)44-23-17-12-18-24-44/h10-27,38-41,46-51,57H,9,28-37H2,1-8H3/t40-,41-,46?,47+,48?,49-,50?,51?,53+,54-/m1/s1. The number of allylic oxidation sites excluding steroid dienone is 3. The van der Waals surface area contributed by atoms with Gasteiger partial charge in [-0.2, -0.15) is 0 Å². The monoisotopic (exact) mass is 814 g/mol. The van der Waals surface area contributed by atoms with Crippen molar-refractivity contribution in [3.05, 3.63) is 131 Å². The van der Waals surface area contributed by atoms with Crippen LogP contribution in [0.4, 0.5) is 4.79 Å². The van der Waals surface area contributed by atoms with Crippen LogP contribution in [0, 0.1) is 52.3 Å². The first-order valence-electron chi connectivity index (χ1n) is 23.7. The lowest BCUT2D eigenvalue weighted by Gasteiger charge is -2.58. The molecule has 3 saturated carbocycles. The number of hydrogen-bond acceptors (Lipinski definition) is 4. The molecule has 0 bridgehead atoms. The van der Waals surface area contributed by atoms with Crippen LogP contribution in [0.25, 0.3) is 0 Å². The number of hydrogen-bond donors (Lipinski definition) is 1. The maximum atomic E-state index is 14.0. The number of aliphatic hydroxyl groups is 1. The summed E-state index contributed by atoms with van der Waals surface area (Å²) in [5.41, 5.74) is 4.08. The topological polar surface area (TPSA) is 59.0 Å². The summed E-state index contributed by atoms with van der Waals surface area (Å²) in [7, 11) is 0. The molecule has 324 valence electrons. The van der Waals surface area contributed by atoms with Crippen LogP contribution in [-0.2, 0) is 15.1 Å². The van der Waals surface area contributed by atoms with Crippen molar-refractivity contribution < 1.29 is 19.4 Å². The van der Waals surface area contributed by atoms with E-state index in [1.54, 1.807) is 4.90 Å². The molecule has 4 unspecified atom stereocenters. The molecule has 5 nitrogen and oxygen atoms in total. The number of aliphatic hydroxyl groups excluding tert-OH is 1. The lowest BCUT2D eigenvalue weighted by Crippen LogP contribution is -2.51. The molecule has 4 aliphatic rings. The van der Waals surface area contributed by atoms with Gasteiger partial charge >= 0.3 is 6.09 Å². The fraction of sp³-hybridized carbons (Fsp3) is 0.582. The molecular weight excluding hydrogens is 739 g/mol. The van der Waals surface area contributed by atoms with Crippen molar-refractivity contribution in [2.24, 2.45) is 52.3 Å². The Morgan fingerprint density at radius 3 is 1.97 bits per heavy atom. The maximum absolute atomic E-state index is 14.0. The highest BCUT2D eigenvalue weighted by atomic mass is 16.6. The smallest absolute Gasteiger partial charge is 0.410 e. The van der Waals surface area contributed by atoms with Gasteiger partial charge in [0.2, 0.25) is 0 Å². The van der Waals surface area contributed by atoms with Crippen molar-refractivity contribution in [1.29, 1.82) is 0 Å². The highest BCUT2D eigenvalue weighted by molar-refractivity contribution is 5.68. The second kappa shape index (κ2) is 18.7. The average Bonchev–Trinajstić information content (AvgIpc) is 3.61. The Morgan fingerprint density at radius 2 is 1.42 bits per heavy atom. The molecular formula is C55H75NO4. The number of rotatable bonds is 15. The Kier molecular flexibility index (Phi) is 13.9. The number of amides is 1. The Morgan fingerprint density at radius 1 is 0.817 bits per heavy atom. The third-order valence-corrected chi connectivity index (χ3v) is 16.3. The van der Waals surface area contributed by atoms with E-state index in [0.717, 1.165) is 53.7 Å². The normalized spacial score (nSPS) is 29.3. The van der Waals surface area contributed by atoms with Crippen LogP contribution in [0.5, 0.6) is 0 Å². The Hall–Kier alpha value is -3.67. The molecule has 60 heavy (non-hydrogen) atoms. The van der Waals surface area contributed by atoms with E-state index in [0.29, 0.717) is 29.1 Å². The SMILES string of the molecule is CC[C@H](C=C[C@@H](C)[C@H]1CCC2C3CC=C4C[C@@H](OC(=O)N(CC(O)COC(c5ccccc5)(c5ccccc5)c5ccccc5)C(C)C)CC[C@]4(C)C3CC[C@@]21C)C(C)C. The van der Waals surface area contributed by atoms with Crippen LogP contribution < -0.4 is 0 Å². The van der Waals surface area contributed by atoms with E-state index in [1.807, 2.05) is 68.4 Å². The van der Waals surface area contributed by atoms with Crippen LogP contribution in [0.2, 0.25) is 0 Å². The zero-order valence-corrected chi connectivity index (χ0v) is 38.1. The van der Waals surface area contributed by atoms with Crippen molar-refractivity contribution in [2.45, 2.75) is 137 Å². The molecule has 0 heterocycles. The predicted octanol–water partition coefficient (Wildman–Crippen LogP) is 13.0. The predicted molar refractivity (Wildman–Crippen MR) is 245 cm³/mol. The summed E-state index contributed by atoms with van der Waals surface area (Å²) in [5, 5.41) is 11.6. The number of carbonyl (C=O) groups excluding carboxylic acids is 1. The molecule has 10 atom stereocenters. The van der Waals surface area contributed by atoms with Crippen LogP contribution in [-0.4, -0.2) is 47.5 Å². The second-order valence-corrected chi connectivity index (χ2v) is 20.3. The average molecular weight is 814 g/mol. The molecule has 0 aromatic heterocycles. The van der Waals surface area contributed by atoms with Gasteiger partial charge in [0.1, 0.15) is 11.7 Å². The van der Waals surface area contributed by atoms with Gasteiger partial charge in [-0.1, -0.05) is 156 Å². The quantitative estimate of drug-likeness (QED) is 0.123. The molecule has 3 fully saturated rings. The number of fused-ring (bicyclic) bond motifs is 5. The van der Waals surface area contributed by atoms with Crippen molar-refractivity contribution in [3.8, 4) is 0 Å². The van der Waals surface area contributed by atoms with Crippen molar-refractivity contribution in [2.75, 3.05) is 13.2 Å². The Balaban J connectivity index is 1.000. The number of carbonyl (C=O) groups is 1. The van der Waals surface area contributed by atoms with Gasteiger partial charge in [-0.25, -0.2) is 4.79 Å². The molecule has 4 aliphatic carbocycles. The van der Waals surface area contributed by atoms with E-state index in [2.05, 4.69) is 96.2 Å². The zero-order valence-electron chi connectivity index (χ0n) is 38.1. The van der Waals surface area contributed by atoms with Crippen LogP contribution in [0.15, 0.2) is 115 Å².